The molecule has 2 heterocycles. The number of fused-ring (bicyclic) bond motifs is 1. The van der Waals surface area contributed by atoms with E-state index in [1.54, 1.807) is 12.1 Å². The van der Waals surface area contributed by atoms with Gasteiger partial charge in [0.25, 0.3) is 10.0 Å². The van der Waals surface area contributed by atoms with Crippen LogP contribution in [-0.4, -0.2) is 46.4 Å². The van der Waals surface area contributed by atoms with Gasteiger partial charge in [-0.2, -0.15) is 0 Å². The Kier molecular flexibility index (Phi) is 7.85. The number of hydrogen-bond donors (Lipinski definition) is 1. The maximum Gasteiger partial charge on any atom is 0.264 e. The molecule has 2 aliphatic rings. The molecule has 1 atom stereocenters. The summed E-state index contributed by atoms with van der Waals surface area (Å²) in [6.45, 7) is 9.82. The van der Waals surface area contributed by atoms with Crippen LogP contribution in [0.4, 0.5) is 11.4 Å². The molecule has 0 aromatic heterocycles. The molecule has 4 rings (SSSR count). The summed E-state index contributed by atoms with van der Waals surface area (Å²) in [6.07, 6.45) is 2.94. The molecule has 2 aliphatic heterocycles. The highest BCUT2D eigenvalue weighted by Gasteiger charge is 2.31. The Balaban J connectivity index is 1.65. The van der Waals surface area contributed by atoms with Gasteiger partial charge in [0.1, 0.15) is 0 Å². The monoisotopic (exact) mass is 486 g/mol. The molecule has 34 heavy (non-hydrogen) atoms. The van der Waals surface area contributed by atoms with E-state index in [0.29, 0.717) is 30.1 Å². The molecule has 6 nitrogen and oxygen atoms in total. The molecule has 1 saturated heterocycles. The van der Waals surface area contributed by atoms with Crippen LogP contribution in [0.15, 0.2) is 47.4 Å². The number of aryl methyl sites for hydroxylation is 1. The van der Waals surface area contributed by atoms with E-state index in [9.17, 15) is 13.5 Å². The Bertz CT molecular complexity index is 1060. The smallest absolute Gasteiger partial charge is 0.264 e. The fraction of sp³-hybridized carbons (Fsp3) is 0.556. The second kappa shape index (κ2) is 10.7. The van der Waals surface area contributed by atoms with Crippen LogP contribution in [0.1, 0.15) is 57.3 Å². The first kappa shape index (κ1) is 25.0. The number of hydrogen-bond acceptors (Lipinski definition) is 5. The average Bonchev–Trinajstić information content (AvgIpc) is 2.84. The molecule has 0 amide bonds. The van der Waals surface area contributed by atoms with E-state index >= 15 is 0 Å². The zero-order valence-corrected chi connectivity index (χ0v) is 21.4. The van der Waals surface area contributed by atoms with Crippen LogP contribution in [0.3, 0.4) is 0 Å². The SMILES string of the molecule is CCc1ccc(N(CC(C)C)S(=O)(=O)c2ccc3c(c2)C(O)CCN3CC2CCOCC2)cc1. The van der Waals surface area contributed by atoms with Crippen molar-refractivity contribution in [2.75, 3.05) is 42.1 Å². The van der Waals surface area contributed by atoms with Gasteiger partial charge >= 0.3 is 0 Å². The fourth-order valence-corrected chi connectivity index (χ4v) is 6.60. The number of aliphatic hydroxyl groups excluding tert-OH is 1. The van der Waals surface area contributed by atoms with Crippen molar-refractivity contribution < 1.29 is 18.3 Å². The van der Waals surface area contributed by atoms with Gasteiger partial charge in [-0.15, -0.1) is 0 Å². The molecule has 0 bridgehead atoms. The molecule has 7 heteroatoms. The summed E-state index contributed by atoms with van der Waals surface area (Å²) in [4.78, 5) is 2.54. The quantitative estimate of drug-likeness (QED) is 0.582. The Hall–Kier alpha value is -2.09. The first-order valence-corrected chi connectivity index (χ1v) is 14.0. The van der Waals surface area contributed by atoms with E-state index in [1.165, 1.54) is 9.87 Å². The van der Waals surface area contributed by atoms with Crippen molar-refractivity contribution in [1.82, 2.24) is 0 Å². The summed E-state index contributed by atoms with van der Waals surface area (Å²) < 4.78 is 34.7. The van der Waals surface area contributed by atoms with E-state index in [2.05, 4.69) is 11.8 Å². The second-order valence-corrected chi connectivity index (χ2v) is 11.8. The van der Waals surface area contributed by atoms with E-state index in [0.717, 1.165) is 51.3 Å². The van der Waals surface area contributed by atoms with Gasteiger partial charge in [0.2, 0.25) is 0 Å². The molecular formula is C27H38N2O4S. The van der Waals surface area contributed by atoms with Crippen LogP contribution in [0.2, 0.25) is 0 Å². The molecule has 0 saturated carbocycles. The average molecular weight is 487 g/mol. The number of nitrogens with zero attached hydrogens (tertiary/aromatic N) is 2. The van der Waals surface area contributed by atoms with Crippen LogP contribution in [-0.2, 0) is 21.2 Å². The summed E-state index contributed by atoms with van der Waals surface area (Å²) in [5.41, 5.74) is 3.51. The number of aliphatic hydroxyl groups is 1. The van der Waals surface area contributed by atoms with Gasteiger partial charge in [0.15, 0.2) is 0 Å². The van der Waals surface area contributed by atoms with Crippen molar-refractivity contribution in [1.29, 1.82) is 0 Å². The van der Waals surface area contributed by atoms with Crippen molar-refractivity contribution in [3.8, 4) is 0 Å². The lowest BCUT2D eigenvalue weighted by Gasteiger charge is -2.37. The predicted molar refractivity (Wildman–Crippen MR) is 137 cm³/mol. The van der Waals surface area contributed by atoms with Crippen molar-refractivity contribution in [2.45, 2.75) is 57.5 Å². The van der Waals surface area contributed by atoms with Crippen LogP contribution >= 0.6 is 0 Å². The Morgan fingerprint density at radius 1 is 1.09 bits per heavy atom. The number of rotatable bonds is 8. The van der Waals surface area contributed by atoms with Gasteiger partial charge < -0.3 is 14.7 Å². The van der Waals surface area contributed by atoms with Crippen LogP contribution in [0.5, 0.6) is 0 Å². The third-order valence-corrected chi connectivity index (χ3v) is 8.73. The highest BCUT2D eigenvalue weighted by molar-refractivity contribution is 7.92. The highest BCUT2D eigenvalue weighted by atomic mass is 32.2. The van der Waals surface area contributed by atoms with Crippen LogP contribution < -0.4 is 9.21 Å². The number of ether oxygens (including phenoxy) is 1. The third-order valence-electron chi connectivity index (χ3n) is 6.94. The van der Waals surface area contributed by atoms with Gasteiger partial charge in [-0.05, 0) is 73.4 Å². The molecular weight excluding hydrogens is 448 g/mol. The van der Waals surface area contributed by atoms with E-state index in [-0.39, 0.29) is 10.8 Å². The topological polar surface area (TPSA) is 70.1 Å². The predicted octanol–water partition coefficient (Wildman–Crippen LogP) is 4.77. The minimum atomic E-state index is -3.78. The lowest BCUT2D eigenvalue weighted by molar-refractivity contribution is 0.0675. The Morgan fingerprint density at radius 3 is 2.44 bits per heavy atom. The van der Waals surface area contributed by atoms with E-state index in [1.807, 2.05) is 44.2 Å². The summed E-state index contributed by atoms with van der Waals surface area (Å²) >= 11 is 0. The molecule has 186 valence electrons. The maximum atomic E-state index is 13.8. The van der Waals surface area contributed by atoms with E-state index in [4.69, 9.17) is 4.74 Å². The molecule has 1 unspecified atom stereocenters. The van der Waals surface area contributed by atoms with Crippen LogP contribution in [0.25, 0.3) is 0 Å². The molecule has 1 N–H and O–H groups in total. The molecule has 1 fully saturated rings. The normalized spacial score (nSPS) is 19.3. The lowest BCUT2D eigenvalue weighted by atomic mass is 9.95. The minimum Gasteiger partial charge on any atom is -0.388 e. The lowest BCUT2D eigenvalue weighted by Crippen LogP contribution is -2.37. The van der Waals surface area contributed by atoms with Gasteiger partial charge in [-0.3, -0.25) is 4.31 Å². The number of anilines is 2. The van der Waals surface area contributed by atoms with Crippen LogP contribution in [0, 0.1) is 11.8 Å². The van der Waals surface area contributed by atoms with Crippen molar-refractivity contribution >= 4 is 21.4 Å². The first-order chi connectivity index (χ1) is 16.3. The molecule has 2 aromatic rings. The summed E-state index contributed by atoms with van der Waals surface area (Å²) in [7, 11) is -3.78. The van der Waals surface area contributed by atoms with Crippen molar-refractivity contribution in [3.63, 3.8) is 0 Å². The largest absolute Gasteiger partial charge is 0.388 e. The molecule has 0 spiro atoms. The second-order valence-electron chi connectivity index (χ2n) is 9.98. The maximum absolute atomic E-state index is 13.8. The molecule has 0 radical (unpaired) electrons. The molecule has 2 aromatic carbocycles. The van der Waals surface area contributed by atoms with Crippen molar-refractivity contribution in [2.24, 2.45) is 11.8 Å². The van der Waals surface area contributed by atoms with Gasteiger partial charge in [0.05, 0.1) is 16.7 Å². The first-order valence-electron chi connectivity index (χ1n) is 12.6. The Morgan fingerprint density at radius 2 is 1.79 bits per heavy atom. The highest BCUT2D eigenvalue weighted by Crippen LogP contribution is 2.37. The number of benzene rings is 2. The Labute approximate surface area is 204 Å². The summed E-state index contributed by atoms with van der Waals surface area (Å²) in [5, 5.41) is 10.8. The zero-order valence-electron chi connectivity index (χ0n) is 20.6. The van der Waals surface area contributed by atoms with Crippen molar-refractivity contribution in [3.05, 3.63) is 53.6 Å². The molecule has 0 aliphatic carbocycles. The summed E-state index contributed by atoms with van der Waals surface area (Å²) in [6, 6.07) is 13.0. The van der Waals surface area contributed by atoms with E-state index < -0.39 is 16.1 Å². The summed E-state index contributed by atoms with van der Waals surface area (Å²) in [5.74, 6) is 0.728. The zero-order chi connectivity index (χ0) is 24.3. The van der Waals surface area contributed by atoms with Gasteiger partial charge in [-0.1, -0.05) is 32.9 Å². The minimum absolute atomic E-state index is 0.166. The standard InChI is InChI=1S/C27H38N2O4S/c1-4-21-5-7-23(8-6-21)29(18-20(2)3)34(31,32)24-9-10-26-25(17-24)27(30)11-14-28(26)19-22-12-15-33-16-13-22/h5-10,17,20,22,27,30H,4,11-16,18-19H2,1-3H3. The third kappa shape index (κ3) is 5.42. The fourth-order valence-electron chi connectivity index (χ4n) is 4.93. The number of sulfonamides is 1. The van der Waals surface area contributed by atoms with Gasteiger partial charge in [-0.25, -0.2) is 8.42 Å². The van der Waals surface area contributed by atoms with Gasteiger partial charge in [0, 0.05) is 44.1 Å².